The summed E-state index contributed by atoms with van der Waals surface area (Å²) >= 11 is 6.22. The molecule has 0 aliphatic carbocycles. The molecule has 1 fully saturated rings. The van der Waals surface area contributed by atoms with Crippen LogP contribution in [0.2, 0.25) is 5.02 Å². The largest absolute Gasteiger partial charge is 0.372 e. The highest BCUT2D eigenvalue weighted by molar-refractivity contribution is 6.30. The van der Waals surface area contributed by atoms with Gasteiger partial charge >= 0.3 is 0 Å². The van der Waals surface area contributed by atoms with E-state index in [1.54, 1.807) is 0 Å². The van der Waals surface area contributed by atoms with E-state index in [2.05, 4.69) is 90.8 Å². The molecule has 176 valence electrons. The third kappa shape index (κ3) is 5.25. The Morgan fingerprint density at radius 3 is 2.21 bits per heavy atom. The molecule has 0 spiro atoms. The third-order valence-corrected chi connectivity index (χ3v) is 7.12. The molecule has 0 radical (unpaired) electrons. The van der Waals surface area contributed by atoms with E-state index in [-0.39, 0.29) is 24.5 Å². The van der Waals surface area contributed by atoms with Crippen molar-refractivity contribution in [2.45, 2.75) is 38.8 Å². The summed E-state index contributed by atoms with van der Waals surface area (Å²) < 4.78 is 0. The summed E-state index contributed by atoms with van der Waals surface area (Å²) in [5, 5.41) is 7.11. The molecule has 4 aromatic rings. The van der Waals surface area contributed by atoms with Gasteiger partial charge in [-0.1, -0.05) is 60.1 Å². The molecule has 1 N–H and O–H groups in total. The highest BCUT2D eigenvalue weighted by Gasteiger charge is 2.16. The van der Waals surface area contributed by atoms with Crippen molar-refractivity contribution >= 4 is 40.5 Å². The Morgan fingerprint density at radius 2 is 1.47 bits per heavy atom. The Balaban J connectivity index is 0.00000274. The van der Waals surface area contributed by atoms with Crippen LogP contribution < -0.4 is 10.2 Å². The number of hydrogen-bond donors (Lipinski definition) is 1. The molecular formula is C30H32Cl2N2. The predicted molar refractivity (Wildman–Crippen MR) is 149 cm³/mol. The number of benzene rings is 4. The Kier molecular flexibility index (Phi) is 7.83. The lowest BCUT2D eigenvalue weighted by Gasteiger charge is -2.23. The third-order valence-electron chi connectivity index (χ3n) is 6.88. The van der Waals surface area contributed by atoms with Gasteiger partial charge in [0.15, 0.2) is 0 Å². The Hall–Kier alpha value is -2.52. The lowest BCUT2D eigenvalue weighted by atomic mass is 9.93. The van der Waals surface area contributed by atoms with Gasteiger partial charge in [-0.3, -0.25) is 0 Å². The molecule has 0 aromatic heterocycles. The normalized spacial score (nSPS) is 15.2. The van der Waals surface area contributed by atoms with Crippen molar-refractivity contribution in [3.63, 3.8) is 0 Å². The fraction of sp³-hybridized carbons (Fsp3) is 0.267. The molecule has 2 nitrogen and oxygen atoms in total. The van der Waals surface area contributed by atoms with Crippen molar-refractivity contribution in [1.82, 2.24) is 5.32 Å². The fourth-order valence-electron chi connectivity index (χ4n) is 4.99. The molecule has 34 heavy (non-hydrogen) atoms. The molecule has 1 unspecified atom stereocenters. The zero-order valence-corrected chi connectivity index (χ0v) is 21.4. The highest BCUT2D eigenvalue weighted by Crippen LogP contribution is 2.34. The van der Waals surface area contributed by atoms with Crippen molar-refractivity contribution < 1.29 is 0 Å². The predicted octanol–water partition coefficient (Wildman–Crippen LogP) is 8.59. The Bertz CT molecular complexity index is 1250. The molecule has 4 heteroatoms. The van der Waals surface area contributed by atoms with Crippen LogP contribution in [0, 0.1) is 0 Å². The summed E-state index contributed by atoms with van der Waals surface area (Å²) in [4.78, 5) is 2.49. The molecule has 1 heterocycles. The SMILES string of the molecule is CC(N[C@H](C)c1cccc(Cl)c1)c1cc(-c2ccc(N3CCCC3)cc2)c2ccccc2c1.Cl. The van der Waals surface area contributed by atoms with Crippen molar-refractivity contribution in [2.24, 2.45) is 0 Å². The van der Waals surface area contributed by atoms with Crippen molar-refractivity contribution in [3.05, 3.63) is 101 Å². The first-order chi connectivity index (χ1) is 16.1. The standard InChI is InChI=1S/C30H31ClN2.ClH/c1-21(24-9-7-10-27(31)19-24)32-22(2)26-18-25-8-3-4-11-29(25)30(20-26)23-12-14-28(15-13-23)33-16-5-6-17-33;/h3-4,7-15,18-22,32H,5-6,16-17H2,1-2H3;1H/t21-,22?;/m1./s1. The van der Waals surface area contributed by atoms with E-state index in [1.165, 1.54) is 64.6 Å². The van der Waals surface area contributed by atoms with Crippen LogP contribution in [0.4, 0.5) is 5.69 Å². The van der Waals surface area contributed by atoms with Gasteiger partial charge in [-0.15, -0.1) is 12.4 Å². The van der Waals surface area contributed by atoms with E-state index in [9.17, 15) is 0 Å². The van der Waals surface area contributed by atoms with Crippen LogP contribution in [0.25, 0.3) is 21.9 Å². The van der Waals surface area contributed by atoms with Crippen LogP contribution in [-0.2, 0) is 0 Å². The van der Waals surface area contributed by atoms with Crippen LogP contribution >= 0.6 is 24.0 Å². The van der Waals surface area contributed by atoms with E-state index in [0.717, 1.165) is 5.02 Å². The topological polar surface area (TPSA) is 15.3 Å². The van der Waals surface area contributed by atoms with Gasteiger partial charge in [0, 0.05) is 35.9 Å². The van der Waals surface area contributed by atoms with Gasteiger partial charge < -0.3 is 10.2 Å². The average molecular weight is 492 g/mol. The van der Waals surface area contributed by atoms with Crippen LogP contribution in [0.1, 0.15) is 49.9 Å². The van der Waals surface area contributed by atoms with Crippen LogP contribution in [0.15, 0.2) is 84.9 Å². The lowest BCUT2D eigenvalue weighted by Crippen LogP contribution is -2.22. The van der Waals surface area contributed by atoms with Gasteiger partial charge in [-0.25, -0.2) is 0 Å². The second-order valence-electron chi connectivity index (χ2n) is 9.20. The second kappa shape index (κ2) is 10.8. The van der Waals surface area contributed by atoms with Crippen molar-refractivity contribution in [2.75, 3.05) is 18.0 Å². The molecule has 2 atom stereocenters. The fourth-order valence-corrected chi connectivity index (χ4v) is 5.19. The number of hydrogen-bond acceptors (Lipinski definition) is 2. The maximum atomic E-state index is 6.22. The zero-order chi connectivity index (χ0) is 22.8. The number of nitrogens with one attached hydrogen (secondary N) is 1. The number of nitrogens with zero attached hydrogens (tertiary/aromatic N) is 1. The monoisotopic (exact) mass is 490 g/mol. The van der Waals surface area contributed by atoms with E-state index < -0.39 is 0 Å². The van der Waals surface area contributed by atoms with Gasteiger partial charge in [0.2, 0.25) is 0 Å². The first kappa shape index (κ1) is 24.6. The van der Waals surface area contributed by atoms with Crippen molar-refractivity contribution in [3.8, 4) is 11.1 Å². The maximum Gasteiger partial charge on any atom is 0.0409 e. The van der Waals surface area contributed by atoms with E-state index in [4.69, 9.17) is 11.6 Å². The molecule has 0 amide bonds. The van der Waals surface area contributed by atoms with Gasteiger partial charge in [0.1, 0.15) is 0 Å². The van der Waals surface area contributed by atoms with E-state index in [1.807, 2.05) is 18.2 Å². The van der Waals surface area contributed by atoms with Crippen molar-refractivity contribution in [1.29, 1.82) is 0 Å². The summed E-state index contributed by atoms with van der Waals surface area (Å²) in [6, 6.07) is 31.0. The van der Waals surface area contributed by atoms with Gasteiger partial charge in [0.25, 0.3) is 0 Å². The number of rotatable bonds is 6. The lowest BCUT2D eigenvalue weighted by molar-refractivity contribution is 0.495. The molecule has 5 rings (SSSR count). The van der Waals surface area contributed by atoms with E-state index in [0.29, 0.717) is 0 Å². The molecule has 0 bridgehead atoms. The first-order valence-corrected chi connectivity index (χ1v) is 12.4. The summed E-state index contributed by atoms with van der Waals surface area (Å²) in [5.74, 6) is 0. The summed E-state index contributed by atoms with van der Waals surface area (Å²) in [6.07, 6.45) is 2.60. The first-order valence-electron chi connectivity index (χ1n) is 12.0. The summed E-state index contributed by atoms with van der Waals surface area (Å²) in [6.45, 7) is 6.78. The quantitative estimate of drug-likeness (QED) is 0.291. The molecular weight excluding hydrogens is 459 g/mol. The summed E-state index contributed by atoms with van der Waals surface area (Å²) in [7, 11) is 0. The number of halogens is 2. The summed E-state index contributed by atoms with van der Waals surface area (Å²) in [5.41, 5.74) is 6.39. The zero-order valence-electron chi connectivity index (χ0n) is 19.8. The highest BCUT2D eigenvalue weighted by atomic mass is 35.5. The molecule has 1 saturated heterocycles. The van der Waals surface area contributed by atoms with Crippen LogP contribution in [-0.4, -0.2) is 13.1 Å². The number of fused-ring (bicyclic) bond motifs is 1. The van der Waals surface area contributed by atoms with Crippen LogP contribution in [0.5, 0.6) is 0 Å². The molecule has 1 aliphatic heterocycles. The van der Waals surface area contributed by atoms with Gasteiger partial charge in [-0.2, -0.15) is 0 Å². The minimum absolute atomic E-state index is 0. The minimum atomic E-state index is 0. The van der Waals surface area contributed by atoms with E-state index >= 15 is 0 Å². The second-order valence-corrected chi connectivity index (χ2v) is 9.63. The minimum Gasteiger partial charge on any atom is -0.372 e. The van der Waals surface area contributed by atoms with Gasteiger partial charge in [0.05, 0.1) is 0 Å². The number of anilines is 1. The Labute approximate surface area is 214 Å². The Morgan fingerprint density at radius 1 is 0.765 bits per heavy atom. The molecule has 1 aliphatic rings. The van der Waals surface area contributed by atoms with Gasteiger partial charge in [-0.05, 0) is 96.1 Å². The average Bonchev–Trinajstić information content (AvgIpc) is 3.38. The maximum absolute atomic E-state index is 6.22. The molecule has 4 aromatic carbocycles. The van der Waals surface area contributed by atoms with Crippen LogP contribution in [0.3, 0.4) is 0 Å². The molecule has 0 saturated carbocycles. The smallest absolute Gasteiger partial charge is 0.0409 e.